The van der Waals surface area contributed by atoms with Gasteiger partial charge in [-0.3, -0.25) is 4.66 Å². The van der Waals surface area contributed by atoms with Gasteiger partial charge in [-0.2, -0.15) is 4.98 Å². The van der Waals surface area contributed by atoms with Crippen LogP contribution in [0.2, 0.25) is 5.02 Å². The number of fused-ring (bicyclic) bond motifs is 2. The van der Waals surface area contributed by atoms with Crippen LogP contribution in [0, 0.1) is 0 Å². The van der Waals surface area contributed by atoms with Gasteiger partial charge in [-0.25, -0.2) is 9.78 Å². The van der Waals surface area contributed by atoms with E-state index in [1.807, 2.05) is 24.4 Å². The lowest BCUT2D eigenvalue weighted by Gasteiger charge is -2.20. The molecule has 0 saturated carbocycles. The zero-order valence-electron chi connectivity index (χ0n) is 15.9. The highest BCUT2D eigenvalue weighted by atomic mass is 35.5. The molecule has 0 atom stereocenters. The number of halogens is 2. The van der Waals surface area contributed by atoms with Gasteiger partial charge in [0, 0.05) is 37.4 Å². The Hall–Kier alpha value is -2.65. The third kappa shape index (κ3) is 3.99. The first kappa shape index (κ1) is 20.6. The monoisotopic (exact) mass is 447 g/mol. The number of rotatable bonds is 2. The molecule has 0 radical (unpaired) electrons. The Labute approximate surface area is 181 Å². The minimum atomic E-state index is -0.464. The second kappa shape index (κ2) is 9.01. The Morgan fingerprint density at radius 1 is 1.13 bits per heavy atom. The summed E-state index contributed by atoms with van der Waals surface area (Å²) in [5.41, 5.74) is 1.38. The Bertz CT molecular complexity index is 1230. The van der Waals surface area contributed by atoms with Gasteiger partial charge in [-0.1, -0.05) is 11.6 Å². The van der Waals surface area contributed by atoms with Crippen molar-refractivity contribution in [1.29, 1.82) is 0 Å². The number of imidazole rings is 1. The highest BCUT2D eigenvalue weighted by Gasteiger charge is 2.16. The number of nitrogens with one attached hydrogen (secondary N) is 1. The first-order chi connectivity index (χ1) is 14.7. The molecule has 0 bridgehead atoms. The van der Waals surface area contributed by atoms with Crippen LogP contribution in [0.5, 0.6) is 0 Å². The Morgan fingerprint density at radius 2 is 2.00 bits per heavy atom. The molecule has 4 aromatic rings. The maximum atomic E-state index is 12.6. The summed E-state index contributed by atoms with van der Waals surface area (Å²) >= 11 is 9.83. The molecule has 5 rings (SSSR count). The molecule has 1 aliphatic rings. The lowest BCUT2D eigenvalue weighted by atomic mass is 10.2. The molecule has 5 heterocycles. The third-order valence-corrected chi connectivity index (χ3v) is 5.25. The maximum Gasteiger partial charge on any atom is 0.347 e. The minimum Gasteiger partial charge on any atom is -0.403 e. The topological polar surface area (TPSA) is 95.9 Å². The number of hydrogen-bond acceptors (Lipinski definition) is 7. The van der Waals surface area contributed by atoms with E-state index in [0.717, 1.165) is 43.8 Å². The molecule has 0 spiro atoms. The van der Waals surface area contributed by atoms with Crippen LogP contribution in [0.25, 0.3) is 28.0 Å². The van der Waals surface area contributed by atoms with Crippen molar-refractivity contribution in [3.05, 3.63) is 58.2 Å². The molecular weight excluding hydrogens is 429 g/mol. The zero-order chi connectivity index (χ0) is 21.1. The summed E-state index contributed by atoms with van der Waals surface area (Å²) in [5, 5.41) is 4.66. The number of hydrogen-bond donors (Lipinski definition) is 2. The molecule has 1 fully saturated rings. The Morgan fingerprint density at radius 3 is 2.83 bits per heavy atom. The molecule has 8 nitrogen and oxygen atoms in total. The summed E-state index contributed by atoms with van der Waals surface area (Å²) in [6.07, 6.45) is 4.66. The Balaban J connectivity index is 0.00000106. The standard InChI is InChI=1S/C20H18ClN5O2.ClHO/c21-15-3-1-8-26-12-16(23-18(15)26)14-11-13-4-5-17(24-19(13)28-20(14)27)25-9-2-6-22-7-10-25;1-2/h1,3-5,8,11-12,22H,2,6-7,9-10H2;2H. The van der Waals surface area contributed by atoms with Gasteiger partial charge >= 0.3 is 5.63 Å². The molecular formula is C20H19Cl2N5O3. The van der Waals surface area contributed by atoms with Crippen molar-refractivity contribution >= 4 is 46.0 Å². The van der Waals surface area contributed by atoms with E-state index in [1.165, 1.54) is 0 Å². The van der Waals surface area contributed by atoms with Crippen LogP contribution in [0.15, 0.2) is 51.9 Å². The number of aromatic nitrogens is 3. The molecule has 1 aliphatic heterocycles. The average molecular weight is 448 g/mol. The highest BCUT2D eigenvalue weighted by molar-refractivity contribution is 6.33. The summed E-state index contributed by atoms with van der Waals surface area (Å²) in [4.78, 5) is 23.9. The zero-order valence-corrected chi connectivity index (χ0v) is 17.4. The van der Waals surface area contributed by atoms with E-state index in [-0.39, 0.29) is 0 Å². The first-order valence-electron chi connectivity index (χ1n) is 9.40. The van der Waals surface area contributed by atoms with Crippen molar-refractivity contribution in [2.45, 2.75) is 6.42 Å². The molecule has 0 aliphatic carbocycles. The van der Waals surface area contributed by atoms with E-state index in [4.69, 9.17) is 20.7 Å². The second-order valence-corrected chi connectivity index (χ2v) is 7.22. The van der Waals surface area contributed by atoms with E-state index < -0.39 is 5.63 Å². The predicted molar refractivity (Wildman–Crippen MR) is 117 cm³/mol. The number of anilines is 1. The summed E-state index contributed by atoms with van der Waals surface area (Å²) in [5.74, 6) is 0.826. The van der Waals surface area contributed by atoms with Gasteiger partial charge in [0.1, 0.15) is 5.82 Å². The summed E-state index contributed by atoms with van der Waals surface area (Å²) in [6.45, 7) is 3.73. The molecule has 2 N–H and O–H groups in total. The lowest BCUT2D eigenvalue weighted by molar-refractivity contribution is 0.551. The minimum absolute atomic E-state index is 0.338. The molecule has 4 aromatic heterocycles. The van der Waals surface area contributed by atoms with Crippen LogP contribution in [0.1, 0.15) is 6.42 Å². The fraction of sp³-hybridized carbons (Fsp3) is 0.250. The quantitative estimate of drug-likeness (QED) is 0.487. The van der Waals surface area contributed by atoms with Crippen molar-refractivity contribution in [2.24, 2.45) is 0 Å². The largest absolute Gasteiger partial charge is 0.403 e. The molecule has 30 heavy (non-hydrogen) atoms. The van der Waals surface area contributed by atoms with Crippen LogP contribution >= 0.6 is 23.5 Å². The van der Waals surface area contributed by atoms with Crippen molar-refractivity contribution in [2.75, 3.05) is 31.1 Å². The van der Waals surface area contributed by atoms with Gasteiger partial charge in [0.25, 0.3) is 0 Å². The van der Waals surface area contributed by atoms with E-state index >= 15 is 0 Å². The average Bonchev–Trinajstić information content (AvgIpc) is 3.02. The highest BCUT2D eigenvalue weighted by Crippen LogP contribution is 2.24. The van der Waals surface area contributed by atoms with Crippen molar-refractivity contribution in [3.8, 4) is 11.3 Å². The van der Waals surface area contributed by atoms with E-state index in [2.05, 4.69) is 32.1 Å². The molecule has 156 valence electrons. The molecule has 1 saturated heterocycles. The number of pyridine rings is 2. The van der Waals surface area contributed by atoms with Crippen LogP contribution in [-0.2, 0) is 0 Å². The molecule has 0 amide bonds. The van der Waals surface area contributed by atoms with Crippen molar-refractivity contribution in [3.63, 3.8) is 0 Å². The van der Waals surface area contributed by atoms with E-state index in [1.54, 1.807) is 22.7 Å². The van der Waals surface area contributed by atoms with Gasteiger partial charge in [0.05, 0.1) is 28.1 Å². The van der Waals surface area contributed by atoms with Crippen LogP contribution in [0.4, 0.5) is 5.82 Å². The lowest BCUT2D eigenvalue weighted by Crippen LogP contribution is -2.28. The smallest absolute Gasteiger partial charge is 0.347 e. The fourth-order valence-electron chi connectivity index (χ4n) is 3.53. The molecule has 0 unspecified atom stereocenters. The van der Waals surface area contributed by atoms with E-state index in [0.29, 0.717) is 27.6 Å². The fourth-order valence-corrected chi connectivity index (χ4v) is 3.74. The van der Waals surface area contributed by atoms with Crippen LogP contribution in [-0.4, -0.2) is 45.2 Å². The maximum absolute atomic E-state index is 12.6. The second-order valence-electron chi connectivity index (χ2n) is 6.82. The van der Waals surface area contributed by atoms with Gasteiger partial charge in [-0.05, 0) is 43.3 Å². The van der Waals surface area contributed by atoms with E-state index in [9.17, 15) is 4.79 Å². The van der Waals surface area contributed by atoms with Crippen molar-refractivity contribution in [1.82, 2.24) is 19.7 Å². The first-order valence-corrected chi connectivity index (χ1v) is 10.1. The normalized spacial score (nSPS) is 14.4. The summed E-state index contributed by atoms with van der Waals surface area (Å²) < 4.78 is 13.8. The van der Waals surface area contributed by atoms with Crippen molar-refractivity contribution < 1.29 is 9.08 Å². The summed E-state index contributed by atoms with van der Waals surface area (Å²) in [7, 11) is 0. The van der Waals surface area contributed by atoms with Gasteiger partial charge in [0.2, 0.25) is 5.71 Å². The van der Waals surface area contributed by atoms with Gasteiger partial charge in [0.15, 0.2) is 5.65 Å². The van der Waals surface area contributed by atoms with Gasteiger partial charge in [-0.15, -0.1) is 0 Å². The summed E-state index contributed by atoms with van der Waals surface area (Å²) in [6, 6.07) is 9.27. The molecule has 0 aromatic carbocycles. The molecule has 10 heteroatoms. The Kier molecular flexibility index (Phi) is 6.19. The third-order valence-electron chi connectivity index (χ3n) is 4.96. The van der Waals surface area contributed by atoms with Crippen LogP contribution in [0.3, 0.4) is 0 Å². The SMILES string of the molecule is O=c1oc2nc(N3CCCNCC3)ccc2cc1-c1cn2cccc(Cl)c2n1.OCl. The van der Waals surface area contributed by atoms with Gasteiger partial charge < -0.3 is 19.0 Å². The predicted octanol–water partition coefficient (Wildman–Crippen LogP) is 3.09. The van der Waals surface area contributed by atoms with Crippen LogP contribution < -0.4 is 15.8 Å². The number of nitrogens with zero attached hydrogens (tertiary/aromatic N) is 4.